The molecule has 17 heavy (non-hydrogen) atoms. The second-order valence-electron chi connectivity index (χ2n) is 4.10. The first kappa shape index (κ1) is 13.9. The predicted molar refractivity (Wildman–Crippen MR) is 66.7 cm³/mol. The van der Waals surface area contributed by atoms with Gasteiger partial charge in [0.15, 0.2) is 0 Å². The zero-order valence-electron chi connectivity index (χ0n) is 10.3. The van der Waals surface area contributed by atoms with Crippen LogP contribution in [0.3, 0.4) is 0 Å². The summed E-state index contributed by atoms with van der Waals surface area (Å²) >= 11 is 0. The Balaban J connectivity index is 1.97. The lowest BCUT2D eigenvalue weighted by atomic mass is 10.3. The molecule has 0 spiro atoms. The van der Waals surface area contributed by atoms with Crippen LogP contribution in [0.25, 0.3) is 0 Å². The molecule has 0 aliphatic heterocycles. The van der Waals surface area contributed by atoms with Crippen LogP contribution in [0.5, 0.6) is 0 Å². The van der Waals surface area contributed by atoms with Crippen molar-refractivity contribution in [3.05, 3.63) is 30.6 Å². The maximum atomic E-state index is 9.69. The van der Waals surface area contributed by atoms with Gasteiger partial charge in [-0.1, -0.05) is 12.2 Å². The van der Waals surface area contributed by atoms with Gasteiger partial charge in [0.25, 0.3) is 0 Å². The first-order valence-corrected chi connectivity index (χ1v) is 5.77. The van der Waals surface area contributed by atoms with Gasteiger partial charge in [-0.15, -0.1) is 0 Å². The monoisotopic (exact) mass is 239 g/mol. The second kappa shape index (κ2) is 8.00. The molecule has 0 bridgehead atoms. The van der Waals surface area contributed by atoms with Crippen LogP contribution >= 0.6 is 0 Å². The van der Waals surface area contributed by atoms with Crippen LogP contribution in [0, 0.1) is 0 Å². The summed E-state index contributed by atoms with van der Waals surface area (Å²) in [7, 11) is 0. The van der Waals surface area contributed by atoms with Crippen LogP contribution < -0.4 is 5.32 Å². The van der Waals surface area contributed by atoms with Gasteiger partial charge in [-0.2, -0.15) is 5.10 Å². The van der Waals surface area contributed by atoms with Crippen molar-refractivity contribution < 1.29 is 9.84 Å². The van der Waals surface area contributed by atoms with E-state index in [0.717, 1.165) is 12.1 Å². The molecule has 2 N–H and O–H groups in total. The minimum atomic E-state index is -0.434. The standard InChI is InChI=1S/C12H21N3O2/c1-11(2)10-17-7-5-13-8-12(16)9-15-6-3-4-14-15/h3-4,6,12-13,16H,1,5,7-10H2,2H3. The van der Waals surface area contributed by atoms with Crippen molar-refractivity contribution in [2.75, 3.05) is 26.3 Å². The summed E-state index contributed by atoms with van der Waals surface area (Å²) < 4.78 is 7.03. The lowest BCUT2D eigenvalue weighted by molar-refractivity contribution is 0.131. The molecule has 1 unspecified atom stereocenters. The minimum Gasteiger partial charge on any atom is -0.390 e. The average molecular weight is 239 g/mol. The number of aromatic nitrogens is 2. The third-order valence-corrected chi connectivity index (χ3v) is 2.11. The van der Waals surface area contributed by atoms with Crippen molar-refractivity contribution in [1.29, 1.82) is 0 Å². The fourth-order valence-electron chi connectivity index (χ4n) is 1.35. The molecule has 1 aromatic rings. The van der Waals surface area contributed by atoms with Gasteiger partial charge >= 0.3 is 0 Å². The summed E-state index contributed by atoms with van der Waals surface area (Å²) in [4.78, 5) is 0. The van der Waals surface area contributed by atoms with Gasteiger partial charge in [0.05, 0.1) is 25.9 Å². The van der Waals surface area contributed by atoms with Gasteiger partial charge in [-0.25, -0.2) is 0 Å². The Morgan fingerprint density at radius 1 is 1.65 bits per heavy atom. The smallest absolute Gasteiger partial charge is 0.0860 e. The molecule has 0 saturated heterocycles. The van der Waals surface area contributed by atoms with Crippen molar-refractivity contribution >= 4 is 0 Å². The van der Waals surface area contributed by atoms with E-state index in [9.17, 15) is 5.11 Å². The van der Waals surface area contributed by atoms with Crippen molar-refractivity contribution in [3.8, 4) is 0 Å². The fraction of sp³-hybridized carbons (Fsp3) is 0.583. The van der Waals surface area contributed by atoms with Gasteiger partial charge in [-0.3, -0.25) is 4.68 Å². The van der Waals surface area contributed by atoms with E-state index in [0.29, 0.717) is 26.3 Å². The Bertz CT molecular complexity index is 312. The van der Waals surface area contributed by atoms with Crippen molar-refractivity contribution in [2.45, 2.75) is 19.6 Å². The summed E-state index contributed by atoms with van der Waals surface area (Å²) in [5, 5.41) is 16.8. The molecule has 0 aliphatic carbocycles. The van der Waals surface area contributed by atoms with Crippen LogP contribution in [-0.4, -0.2) is 47.3 Å². The molecule has 0 saturated carbocycles. The first-order chi connectivity index (χ1) is 8.18. The molecule has 0 amide bonds. The van der Waals surface area contributed by atoms with Crippen molar-refractivity contribution in [2.24, 2.45) is 0 Å². The average Bonchev–Trinajstić information content (AvgIpc) is 2.75. The molecule has 96 valence electrons. The van der Waals surface area contributed by atoms with Gasteiger partial charge in [0, 0.05) is 25.5 Å². The highest BCUT2D eigenvalue weighted by molar-refractivity contribution is 4.87. The number of nitrogens with zero attached hydrogens (tertiary/aromatic N) is 2. The number of hydrogen-bond acceptors (Lipinski definition) is 4. The van der Waals surface area contributed by atoms with Crippen LogP contribution in [0.1, 0.15) is 6.92 Å². The maximum absolute atomic E-state index is 9.69. The predicted octanol–water partition coefficient (Wildman–Crippen LogP) is 0.426. The molecule has 5 heteroatoms. The van der Waals surface area contributed by atoms with E-state index < -0.39 is 6.10 Å². The Kier molecular flexibility index (Phi) is 6.54. The Labute approximate surface area is 102 Å². The highest BCUT2D eigenvalue weighted by Crippen LogP contribution is 1.90. The van der Waals surface area contributed by atoms with Crippen molar-refractivity contribution in [3.63, 3.8) is 0 Å². The number of nitrogens with one attached hydrogen (secondary N) is 1. The Hall–Kier alpha value is -1.17. The molecule has 0 aromatic carbocycles. The number of ether oxygens (including phenoxy) is 1. The van der Waals surface area contributed by atoms with Crippen molar-refractivity contribution in [1.82, 2.24) is 15.1 Å². The zero-order valence-corrected chi connectivity index (χ0v) is 10.3. The van der Waals surface area contributed by atoms with Crippen LogP contribution in [0.2, 0.25) is 0 Å². The largest absolute Gasteiger partial charge is 0.390 e. The van der Waals surface area contributed by atoms with E-state index in [4.69, 9.17) is 4.74 Å². The summed E-state index contributed by atoms with van der Waals surface area (Å²) in [5.41, 5.74) is 1.02. The quantitative estimate of drug-likeness (QED) is 0.484. The maximum Gasteiger partial charge on any atom is 0.0860 e. The van der Waals surface area contributed by atoms with E-state index in [1.165, 1.54) is 0 Å². The third kappa shape index (κ3) is 6.88. The number of aliphatic hydroxyl groups is 1. The molecule has 1 aromatic heterocycles. The molecule has 0 aliphatic rings. The molecular formula is C12H21N3O2. The van der Waals surface area contributed by atoms with Gasteiger partial charge in [0.2, 0.25) is 0 Å². The number of hydrogen-bond donors (Lipinski definition) is 2. The molecule has 1 atom stereocenters. The number of rotatable bonds is 9. The fourth-order valence-corrected chi connectivity index (χ4v) is 1.35. The zero-order chi connectivity index (χ0) is 12.5. The van der Waals surface area contributed by atoms with Crippen LogP contribution in [0.4, 0.5) is 0 Å². The Morgan fingerprint density at radius 2 is 2.47 bits per heavy atom. The van der Waals surface area contributed by atoms with E-state index in [2.05, 4.69) is 17.0 Å². The molecule has 0 radical (unpaired) electrons. The molecule has 5 nitrogen and oxygen atoms in total. The highest BCUT2D eigenvalue weighted by atomic mass is 16.5. The van der Waals surface area contributed by atoms with E-state index in [1.54, 1.807) is 10.9 Å². The lowest BCUT2D eigenvalue weighted by Gasteiger charge is -2.12. The molecule has 1 heterocycles. The highest BCUT2D eigenvalue weighted by Gasteiger charge is 2.04. The lowest BCUT2D eigenvalue weighted by Crippen LogP contribution is -2.32. The van der Waals surface area contributed by atoms with E-state index in [1.807, 2.05) is 19.2 Å². The van der Waals surface area contributed by atoms with Gasteiger partial charge < -0.3 is 15.2 Å². The van der Waals surface area contributed by atoms with E-state index >= 15 is 0 Å². The summed E-state index contributed by atoms with van der Waals surface area (Å²) in [5.74, 6) is 0. The molecular weight excluding hydrogens is 218 g/mol. The Morgan fingerprint density at radius 3 is 3.12 bits per heavy atom. The van der Waals surface area contributed by atoms with Gasteiger partial charge in [-0.05, 0) is 13.0 Å². The summed E-state index contributed by atoms with van der Waals surface area (Å²) in [6.07, 6.45) is 3.10. The second-order valence-corrected chi connectivity index (χ2v) is 4.10. The van der Waals surface area contributed by atoms with Gasteiger partial charge in [0.1, 0.15) is 0 Å². The third-order valence-electron chi connectivity index (χ3n) is 2.11. The molecule has 0 fully saturated rings. The summed E-state index contributed by atoms with van der Waals surface area (Å²) in [6.45, 7) is 8.67. The SMILES string of the molecule is C=C(C)COCCNCC(O)Cn1cccn1. The van der Waals surface area contributed by atoms with Crippen LogP contribution in [-0.2, 0) is 11.3 Å². The first-order valence-electron chi connectivity index (χ1n) is 5.77. The number of aliphatic hydroxyl groups excluding tert-OH is 1. The van der Waals surface area contributed by atoms with Crippen LogP contribution in [0.15, 0.2) is 30.6 Å². The minimum absolute atomic E-state index is 0.434. The topological polar surface area (TPSA) is 59.3 Å². The normalized spacial score (nSPS) is 12.6. The molecule has 1 rings (SSSR count). The van der Waals surface area contributed by atoms with E-state index in [-0.39, 0.29) is 0 Å². The summed E-state index contributed by atoms with van der Waals surface area (Å²) in [6, 6.07) is 1.84.